The fraction of sp³-hybridized carbons (Fsp3) is 0.520. The van der Waals surface area contributed by atoms with Crippen LogP contribution in [0.3, 0.4) is 0 Å². The van der Waals surface area contributed by atoms with Crippen molar-refractivity contribution < 1.29 is 9.59 Å². The molecule has 0 spiro atoms. The maximum absolute atomic E-state index is 13.7. The summed E-state index contributed by atoms with van der Waals surface area (Å²) in [5, 5.41) is 0. The number of carbonyl (C=O) groups is 2. The zero-order chi connectivity index (χ0) is 23.3. The van der Waals surface area contributed by atoms with Crippen molar-refractivity contribution in [3.63, 3.8) is 0 Å². The molecular weight excluding hydrogens is 420 g/mol. The van der Waals surface area contributed by atoms with E-state index in [4.69, 9.17) is 0 Å². The van der Waals surface area contributed by atoms with Crippen LogP contribution in [-0.2, 0) is 22.6 Å². The molecule has 0 radical (unpaired) electrons. The van der Waals surface area contributed by atoms with Crippen LogP contribution in [0.2, 0.25) is 0 Å². The Bertz CT molecular complexity index is 1190. The first-order valence-electron chi connectivity index (χ1n) is 11.7. The van der Waals surface area contributed by atoms with E-state index >= 15 is 0 Å². The van der Waals surface area contributed by atoms with Crippen molar-refractivity contribution in [2.45, 2.75) is 76.7 Å². The lowest BCUT2D eigenvalue weighted by Crippen LogP contribution is -2.62. The fourth-order valence-electron chi connectivity index (χ4n) is 6.79. The van der Waals surface area contributed by atoms with Gasteiger partial charge in [0.25, 0.3) is 5.56 Å². The quantitative estimate of drug-likeness (QED) is 0.764. The molecule has 0 unspecified atom stereocenters. The molecule has 2 aliphatic heterocycles. The molecule has 8 nitrogen and oxygen atoms in total. The summed E-state index contributed by atoms with van der Waals surface area (Å²) in [4.78, 5) is 56.6. The van der Waals surface area contributed by atoms with Gasteiger partial charge in [-0.25, -0.2) is 4.79 Å². The van der Waals surface area contributed by atoms with Crippen LogP contribution >= 0.6 is 0 Å². The van der Waals surface area contributed by atoms with Gasteiger partial charge in [-0.2, -0.15) is 0 Å². The van der Waals surface area contributed by atoms with E-state index in [1.165, 1.54) is 16.8 Å². The molecule has 2 amide bonds. The van der Waals surface area contributed by atoms with Crippen LogP contribution in [0.15, 0.2) is 52.2 Å². The predicted octanol–water partition coefficient (Wildman–Crippen LogP) is 1.54. The number of H-pyrrole nitrogens is 1. The standard InChI is InChI=1S/C25H30N4O4/c1-16(30)28-18(13-17-7-4-3-5-8-17)19-14-25(2)20(28)9-6-10-21(25)29(19)23(32)15-27-12-11-22(31)26-24(27)33/h3-5,7-8,11-12,18-21H,6,9-10,13-15H2,1-2H3,(H,26,31,33)/t18-,19-,20+,21-,25+/m0/s1. The van der Waals surface area contributed by atoms with Gasteiger partial charge < -0.3 is 9.80 Å². The number of carbonyl (C=O) groups excluding carboxylic acids is 2. The van der Waals surface area contributed by atoms with Crippen LogP contribution in [0.1, 0.15) is 45.1 Å². The van der Waals surface area contributed by atoms with Crippen LogP contribution in [0.4, 0.5) is 0 Å². The second kappa shape index (κ2) is 8.01. The first kappa shape index (κ1) is 21.7. The Kier molecular flexibility index (Phi) is 5.26. The number of rotatable bonds is 4. The molecule has 3 aliphatic rings. The minimum absolute atomic E-state index is 0.0369. The Morgan fingerprint density at radius 2 is 1.76 bits per heavy atom. The molecular formula is C25H30N4O4. The highest BCUT2D eigenvalue weighted by Gasteiger charge is 2.64. The van der Waals surface area contributed by atoms with Crippen LogP contribution in [0.5, 0.6) is 0 Å². The summed E-state index contributed by atoms with van der Waals surface area (Å²) in [5.41, 5.74) is -0.0867. The number of nitrogens with zero attached hydrogens (tertiary/aromatic N) is 3. The van der Waals surface area contributed by atoms with Gasteiger partial charge in [0, 0.05) is 36.7 Å². The van der Waals surface area contributed by atoms with Crippen molar-refractivity contribution in [1.82, 2.24) is 19.4 Å². The number of fused-ring (bicyclic) bond motifs is 1. The SMILES string of the molecule is CC(=O)N1[C@@H](Cc2ccccc2)[C@@H]2C[C@@]3(C)[C@H](CCC[C@@H]13)N2C(=O)Cn1ccc(=O)[nH]c1=O. The van der Waals surface area contributed by atoms with Gasteiger partial charge in [0.15, 0.2) is 0 Å². The summed E-state index contributed by atoms with van der Waals surface area (Å²) in [5.74, 6) is -0.0735. The predicted molar refractivity (Wildman–Crippen MR) is 123 cm³/mol. The lowest BCUT2D eigenvalue weighted by Gasteiger charge is -2.52. The number of amides is 2. The Hall–Kier alpha value is -3.16. The monoisotopic (exact) mass is 450 g/mol. The van der Waals surface area contributed by atoms with Crippen LogP contribution in [0, 0.1) is 5.41 Å². The fourth-order valence-corrected chi connectivity index (χ4v) is 6.79. The number of aromatic amines is 1. The normalized spacial score (nSPS) is 30.4. The van der Waals surface area contributed by atoms with Gasteiger partial charge in [0.05, 0.1) is 12.1 Å². The molecule has 174 valence electrons. The Morgan fingerprint density at radius 3 is 2.42 bits per heavy atom. The Balaban J connectivity index is 1.54. The third-order valence-corrected chi connectivity index (χ3v) is 8.10. The van der Waals surface area contributed by atoms with Crippen molar-refractivity contribution >= 4 is 11.8 Å². The second-order valence-electron chi connectivity index (χ2n) is 9.96. The van der Waals surface area contributed by atoms with Gasteiger partial charge in [-0.3, -0.25) is 23.9 Å². The Morgan fingerprint density at radius 1 is 1.06 bits per heavy atom. The average molecular weight is 451 g/mol. The number of likely N-dealkylation sites (tertiary alicyclic amines) is 2. The van der Waals surface area contributed by atoms with Gasteiger partial charge in [-0.15, -0.1) is 0 Å². The summed E-state index contributed by atoms with van der Waals surface area (Å²) in [6.45, 7) is 3.74. The summed E-state index contributed by atoms with van der Waals surface area (Å²) < 4.78 is 1.25. The lowest BCUT2D eigenvalue weighted by molar-refractivity contribution is -0.143. The van der Waals surface area contributed by atoms with Crippen molar-refractivity contribution in [3.05, 3.63) is 69.0 Å². The molecule has 3 fully saturated rings. The average Bonchev–Trinajstić information content (AvgIpc) is 3.08. The zero-order valence-electron chi connectivity index (χ0n) is 19.1. The topological polar surface area (TPSA) is 95.5 Å². The highest BCUT2D eigenvalue weighted by atomic mass is 16.2. The van der Waals surface area contributed by atoms with E-state index in [-0.39, 0.29) is 47.9 Å². The van der Waals surface area contributed by atoms with E-state index in [9.17, 15) is 19.2 Å². The van der Waals surface area contributed by atoms with Crippen LogP contribution in [-0.4, -0.2) is 55.3 Å². The first-order chi connectivity index (χ1) is 15.8. The van der Waals surface area contributed by atoms with Gasteiger partial charge in [0.2, 0.25) is 11.8 Å². The molecule has 8 heteroatoms. The van der Waals surface area contributed by atoms with E-state index < -0.39 is 11.2 Å². The molecule has 1 N–H and O–H groups in total. The van der Waals surface area contributed by atoms with E-state index in [1.807, 2.05) is 23.1 Å². The number of aromatic nitrogens is 2. The van der Waals surface area contributed by atoms with Gasteiger partial charge in [0.1, 0.15) is 6.54 Å². The molecule has 1 aromatic heterocycles. The van der Waals surface area contributed by atoms with Crippen molar-refractivity contribution in [1.29, 1.82) is 0 Å². The molecule has 1 saturated carbocycles. The number of nitrogens with one attached hydrogen (secondary N) is 1. The highest BCUT2D eigenvalue weighted by Crippen LogP contribution is 2.56. The third-order valence-electron chi connectivity index (χ3n) is 8.10. The van der Waals surface area contributed by atoms with E-state index in [1.54, 1.807) is 6.92 Å². The van der Waals surface area contributed by atoms with Crippen LogP contribution in [0.25, 0.3) is 0 Å². The minimum atomic E-state index is -0.586. The zero-order valence-corrected chi connectivity index (χ0v) is 19.1. The largest absolute Gasteiger partial charge is 0.334 e. The van der Waals surface area contributed by atoms with Crippen molar-refractivity contribution in [2.24, 2.45) is 5.41 Å². The molecule has 3 heterocycles. The van der Waals surface area contributed by atoms with Crippen molar-refractivity contribution in [3.8, 4) is 0 Å². The second-order valence-corrected chi connectivity index (χ2v) is 9.96. The number of hydrogen-bond acceptors (Lipinski definition) is 4. The van der Waals surface area contributed by atoms with E-state index in [2.05, 4.69) is 28.9 Å². The Labute approximate surface area is 192 Å². The third kappa shape index (κ3) is 3.52. The number of piperidine rings is 1. The number of benzene rings is 1. The molecule has 1 aromatic carbocycles. The van der Waals surface area contributed by atoms with Gasteiger partial charge in [-0.1, -0.05) is 37.3 Å². The smallest absolute Gasteiger partial charge is 0.328 e. The molecule has 33 heavy (non-hydrogen) atoms. The van der Waals surface area contributed by atoms with Gasteiger partial charge in [-0.05, 0) is 37.7 Å². The molecule has 5 atom stereocenters. The minimum Gasteiger partial charge on any atom is -0.334 e. The molecule has 2 bridgehead atoms. The maximum Gasteiger partial charge on any atom is 0.328 e. The summed E-state index contributed by atoms with van der Waals surface area (Å²) >= 11 is 0. The molecule has 1 aliphatic carbocycles. The van der Waals surface area contributed by atoms with Gasteiger partial charge >= 0.3 is 5.69 Å². The highest BCUT2D eigenvalue weighted by molar-refractivity contribution is 5.79. The number of hydrogen-bond donors (Lipinski definition) is 1. The summed E-state index contributed by atoms with van der Waals surface area (Å²) in [7, 11) is 0. The summed E-state index contributed by atoms with van der Waals surface area (Å²) in [6, 6.07) is 11.3. The van der Waals surface area contributed by atoms with Crippen LogP contribution < -0.4 is 11.2 Å². The van der Waals surface area contributed by atoms with E-state index in [0.29, 0.717) is 6.42 Å². The molecule has 2 aromatic rings. The maximum atomic E-state index is 13.7. The lowest BCUT2D eigenvalue weighted by atomic mass is 9.64. The molecule has 2 saturated heterocycles. The summed E-state index contributed by atoms with van der Waals surface area (Å²) in [6.07, 6.45) is 5.73. The van der Waals surface area contributed by atoms with E-state index in [0.717, 1.165) is 31.2 Å². The first-order valence-corrected chi connectivity index (χ1v) is 11.7. The van der Waals surface area contributed by atoms with Crippen molar-refractivity contribution in [2.75, 3.05) is 0 Å². The molecule has 5 rings (SSSR count).